The van der Waals surface area contributed by atoms with E-state index in [2.05, 4.69) is 10.0 Å². The van der Waals surface area contributed by atoms with E-state index in [1.807, 2.05) is 0 Å². The van der Waals surface area contributed by atoms with Crippen molar-refractivity contribution < 1.29 is 18.0 Å². The topological polar surface area (TPSA) is 92.3 Å². The zero-order chi connectivity index (χ0) is 17.0. The predicted octanol–water partition coefficient (Wildman–Crippen LogP) is 2.65. The van der Waals surface area contributed by atoms with Gasteiger partial charge in [0, 0.05) is 23.9 Å². The Kier molecular flexibility index (Phi) is 4.80. The summed E-state index contributed by atoms with van der Waals surface area (Å²) in [5.41, 5.74) is 1.39. The molecule has 2 aromatic carbocycles. The van der Waals surface area contributed by atoms with Gasteiger partial charge < -0.3 is 5.32 Å². The van der Waals surface area contributed by atoms with E-state index in [4.69, 9.17) is 0 Å². The molecule has 0 aliphatic rings. The molecule has 0 spiro atoms. The van der Waals surface area contributed by atoms with Gasteiger partial charge in [0.25, 0.3) is 10.0 Å². The lowest BCUT2D eigenvalue weighted by Crippen LogP contribution is -2.13. The zero-order valence-electron chi connectivity index (χ0n) is 12.7. The lowest BCUT2D eigenvalue weighted by atomic mass is 10.2. The molecule has 0 saturated carbocycles. The summed E-state index contributed by atoms with van der Waals surface area (Å²) in [6, 6.07) is 12.0. The summed E-state index contributed by atoms with van der Waals surface area (Å²) in [5.74, 6) is -0.334. The molecule has 23 heavy (non-hydrogen) atoms. The maximum atomic E-state index is 12.3. The average molecular weight is 332 g/mol. The fourth-order valence-corrected chi connectivity index (χ4v) is 2.97. The number of hydrogen-bond acceptors (Lipinski definition) is 4. The Morgan fingerprint density at radius 2 is 1.35 bits per heavy atom. The first kappa shape index (κ1) is 16.7. The Morgan fingerprint density at radius 1 is 0.826 bits per heavy atom. The van der Waals surface area contributed by atoms with Gasteiger partial charge in [-0.3, -0.25) is 14.3 Å². The third-order valence-corrected chi connectivity index (χ3v) is 4.43. The van der Waals surface area contributed by atoms with E-state index in [0.717, 1.165) is 0 Å². The summed E-state index contributed by atoms with van der Waals surface area (Å²) in [5, 5.41) is 2.60. The number of rotatable bonds is 5. The van der Waals surface area contributed by atoms with Gasteiger partial charge in [0.1, 0.15) is 0 Å². The Labute approximate surface area is 134 Å². The van der Waals surface area contributed by atoms with E-state index in [0.29, 0.717) is 16.9 Å². The molecule has 1 amide bonds. The van der Waals surface area contributed by atoms with Crippen molar-refractivity contribution in [3.05, 3.63) is 54.1 Å². The zero-order valence-corrected chi connectivity index (χ0v) is 13.5. The Balaban J connectivity index is 2.17. The number of carbonyl (C=O) groups excluding carboxylic acids is 2. The molecule has 0 fully saturated rings. The van der Waals surface area contributed by atoms with Crippen LogP contribution in [-0.2, 0) is 14.8 Å². The molecule has 6 nitrogen and oxygen atoms in total. The van der Waals surface area contributed by atoms with Crippen LogP contribution in [0.3, 0.4) is 0 Å². The molecule has 0 atom stereocenters. The maximum Gasteiger partial charge on any atom is 0.261 e. The molecule has 0 bridgehead atoms. The van der Waals surface area contributed by atoms with Crippen LogP contribution in [0.2, 0.25) is 0 Å². The van der Waals surface area contributed by atoms with E-state index < -0.39 is 10.0 Å². The second-order valence-electron chi connectivity index (χ2n) is 4.94. The highest BCUT2D eigenvalue weighted by molar-refractivity contribution is 7.92. The van der Waals surface area contributed by atoms with Crippen molar-refractivity contribution in [2.75, 3.05) is 10.0 Å². The van der Waals surface area contributed by atoms with Gasteiger partial charge in [0.2, 0.25) is 5.91 Å². The summed E-state index contributed by atoms with van der Waals surface area (Å²) in [6.07, 6.45) is 0. The monoisotopic (exact) mass is 332 g/mol. The third-order valence-electron chi connectivity index (χ3n) is 3.03. The van der Waals surface area contributed by atoms with Gasteiger partial charge >= 0.3 is 0 Å². The highest BCUT2D eigenvalue weighted by Crippen LogP contribution is 2.19. The molecular weight excluding hydrogens is 316 g/mol. The number of anilines is 2. The van der Waals surface area contributed by atoms with Crippen molar-refractivity contribution in [2.24, 2.45) is 0 Å². The molecule has 120 valence electrons. The molecule has 7 heteroatoms. The van der Waals surface area contributed by atoms with E-state index in [1.165, 1.54) is 38.1 Å². The van der Waals surface area contributed by atoms with Crippen LogP contribution < -0.4 is 10.0 Å². The largest absolute Gasteiger partial charge is 0.326 e. The average Bonchev–Trinajstić information content (AvgIpc) is 2.48. The van der Waals surface area contributed by atoms with Gasteiger partial charge in [0.15, 0.2) is 5.78 Å². The molecular formula is C16H16N2O4S. The van der Waals surface area contributed by atoms with Crippen molar-refractivity contribution in [1.29, 1.82) is 0 Å². The van der Waals surface area contributed by atoms with E-state index >= 15 is 0 Å². The van der Waals surface area contributed by atoms with Crippen molar-refractivity contribution in [2.45, 2.75) is 18.7 Å². The predicted molar refractivity (Wildman–Crippen MR) is 88.0 cm³/mol. The highest BCUT2D eigenvalue weighted by Gasteiger charge is 2.14. The number of ketones is 1. The smallest absolute Gasteiger partial charge is 0.261 e. The lowest BCUT2D eigenvalue weighted by Gasteiger charge is -2.09. The van der Waals surface area contributed by atoms with Gasteiger partial charge in [-0.05, 0) is 43.3 Å². The van der Waals surface area contributed by atoms with Crippen molar-refractivity contribution in [1.82, 2.24) is 0 Å². The maximum absolute atomic E-state index is 12.3. The van der Waals surface area contributed by atoms with Crippen LogP contribution in [-0.4, -0.2) is 20.1 Å². The van der Waals surface area contributed by atoms with Gasteiger partial charge in [0.05, 0.1) is 4.90 Å². The van der Waals surface area contributed by atoms with Gasteiger partial charge in [-0.15, -0.1) is 0 Å². The molecule has 0 heterocycles. The van der Waals surface area contributed by atoms with E-state index in [-0.39, 0.29) is 16.6 Å². The molecule has 0 unspecified atom stereocenters. The van der Waals surface area contributed by atoms with Crippen LogP contribution >= 0.6 is 0 Å². The number of amides is 1. The number of hydrogen-bond donors (Lipinski definition) is 2. The quantitative estimate of drug-likeness (QED) is 0.823. The standard InChI is InChI=1S/C16H16N2O4S/c1-11(19)13-3-9-16(10-4-13)23(21,22)18-15-7-5-14(6-8-15)17-12(2)20/h3-10,18H,1-2H3,(H,17,20). The lowest BCUT2D eigenvalue weighted by molar-refractivity contribution is -0.114. The minimum atomic E-state index is -3.74. The van der Waals surface area contributed by atoms with Crippen LogP contribution in [0.25, 0.3) is 0 Å². The highest BCUT2D eigenvalue weighted by atomic mass is 32.2. The number of carbonyl (C=O) groups is 2. The van der Waals surface area contributed by atoms with E-state index in [1.54, 1.807) is 24.3 Å². The van der Waals surface area contributed by atoms with Crippen LogP contribution in [0.5, 0.6) is 0 Å². The molecule has 0 aromatic heterocycles. The normalized spacial score (nSPS) is 10.9. The molecule has 0 aliphatic heterocycles. The minimum absolute atomic E-state index is 0.0634. The number of Topliss-reactive ketones (excluding diaryl/α,β-unsaturated/α-hetero) is 1. The fraction of sp³-hybridized carbons (Fsp3) is 0.125. The first-order chi connectivity index (χ1) is 10.8. The van der Waals surface area contributed by atoms with Gasteiger partial charge in [-0.25, -0.2) is 8.42 Å². The van der Waals surface area contributed by atoms with Crippen molar-refractivity contribution in [3.8, 4) is 0 Å². The third kappa shape index (κ3) is 4.40. The Bertz CT molecular complexity index is 825. The van der Waals surface area contributed by atoms with Crippen LogP contribution in [0, 0.1) is 0 Å². The second kappa shape index (κ2) is 6.62. The molecule has 2 aromatic rings. The van der Waals surface area contributed by atoms with Crippen LogP contribution in [0.4, 0.5) is 11.4 Å². The number of nitrogens with one attached hydrogen (secondary N) is 2. The van der Waals surface area contributed by atoms with E-state index in [9.17, 15) is 18.0 Å². The Hall–Kier alpha value is -2.67. The second-order valence-corrected chi connectivity index (χ2v) is 6.63. The van der Waals surface area contributed by atoms with Crippen molar-refractivity contribution >= 4 is 33.1 Å². The van der Waals surface area contributed by atoms with Gasteiger partial charge in [-0.2, -0.15) is 0 Å². The molecule has 0 aliphatic carbocycles. The first-order valence-corrected chi connectivity index (χ1v) is 8.28. The molecule has 0 radical (unpaired) electrons. The molecule has 2 N–H and O–H groups in total. The molecule has 0 saturated heterocycles. The molecule has 2 rings (SSSR count). The Morgan fingerprint density at radius 3 is 1.83 bits per heavy atom. The van der Waals surface area contributed by atoms with Crippen LogP contribution in [0.15, 0.2) is 53.4 Å². The number of sulfonamides is 1. The summed E-state index contributed by atoms with van der Waals surface area (Å²) >= 11 is 0. The van der Waals surface area contributed by atoms with Crippen molar-refractivity contribution in [3.63, 3.8) is 0 Å². The fourth-order valence-electron chi connectivity index (χ4n) is 1.91. The minimum Gasteiger partial charge on any atom is -0.326 e. The SMILES string of the molecule is CC(=O)Nc1ccc(NS(=O)(=O)c2ccc(C(C)=O)cc2)cc1. The summed E-state index contributed by atoms with van der Waals surface area (Å²) in [4.78, 5) is 22.2. The summed E-state index contributed by atoms with van der Waals surface area (Å²) < 4.78 is 27.0. The van der Waals surface area contributed by atoms with Gasteiger partial charge in [-0.1, -0.05) is 12.1 Å². The van der Waals surface area contributed by atoms with Crippen LogP contribution in [0.1, 0.15) is 24.2 Å². The summed E-state index contributed by atoms with van der Waals surface area (Å²) in [7, 11) is -3.74. The first-order valence-electron chi connectivity index (χ1n) is 6.79. The number of benzene rings is 2. The summed E-state index contributed by atoms with van der Waals surface area (Å²) in [6.45, 7) is 2.81.